The maximum Gasteiger partial charge on any atom is 0.193 e. The molecule has 3 fully saturated rings. The Morgan fingerprint density at radius 3 is 2.83 bits per heavy atom. The van der Waals surface area contributed by atoms with Crippen LogP contribution in [0, 0.1) is 5.92 Å². The number of aliphatic imine (C=N–C) groups is 1. The molecule has 3 aliphatic heterocycles. The number of nitrogens with one attached hydrogen (secondary N) is 1. The van der Waals surface area contributed by atoms with Crippen molar-refractivity contribution in [3.63, 3.8) is 0 Å². The molecule has 3 atom stereocenters. The van der Waals surface area contributed by atoms with Gasteiger partial charge in [-0.05, 0) is 63.5 Å². The van der Waals surface area contributed by atoms with Gasteiger partial charge in [-0.25, -0.2) is 0 Å². The van der Waals surface area contributed by atoms with Gasteiger partial charge in [-0.15, -0.1) is 0 Å². The number of nitrogens with zero attached hydrogens (tertiary/aromatic N) is 3. The third kappa shape index (κ3) is 5.52. The van der Waals surface area contributed by atoms with E-state index in [1.54, 1.807) is 0 Å². The van der Waals surface area contributed by atoms with E-state index >= 15 is 0 Å². The van der Waals surface area contributed by atoms with Gasteiger partial charge in [0.2, 0.25) is 0 Å². The van der Waals surface area contributed by atoms with E-state index in [4.69, 9.17) is 9.73 Å². The minimum atomic E-state index is 0.428. The molecule has 0 radical (unpaired) electrons. The summed E-state index contributed by atoms with van der Waals surface area (Å²) < 4.78 is 5.76. The van der Waals surface area contributed by atoms with E-state index < -0.39 is 0 Å². The molecule has 0 saturated carbocycles. The van der Waals surface area contributed by atoms with Crippen molar-refractivity contribution >= 4 is 5.96 Å². The van der Waals surface area contributed by atoms with Crippen molar-refractivity contribution in [3.05, 3.63) is 35.9 Å². The molecule has 0 spiro atoms. The summed E-state index contributed by atoms with van der Waals surface area (Å²) in [4.78, 5) is 10.2. The van der Waals surface area contributed by atoms with Crippen LogP contribution in [0.15, 0.2) is 35.3 Å². The largest absolute Gasteiger partial charge is 0.378 e. The fourth-order valence-electron chi connectivity index (χ4n) is 5.33. The normalized spacial score (nSPS) is 28.4. The number of likely N-dealkylation sites (tertiary alicyclic amines) is 2. The standard InChI is InChI=1S/C24H38N4O/c1-2-25-24(26-14-12-22-11-7-17-29-22)28-16-13-23-21(19-28)10-6-15-27(23)18-20-8-4-3-5-9-20/h3-5,8-9,21-23H,2,6-7,10-19H2,1H3,(H,25,26). The van der Waals surface area contributed by atoms with Crippen LogP contribution in [0.5, 0.6) is 0 Å². The van der Waals surface area contributed by atoms with E-state index in [-0.39, 0.29) is 0 Å². The highest BCUT2D eigenvalue weighted by molar-refractivity contribution is 5.80. The highest BCUT2D eigenvalue weighted by Gasteiger charge is 2.36. The molecule has 1 aromatic rings. The molecule has 0 amide bonds. The molecule has 160 valence electrons. The third-order valence-electron chi connectivity index (χ3n) is 6.78. The van der Waals surface area contributed by atoms with E-state index in [0.717, 1.165) is 63.7 Å². The molecule has 5 heteroatoms. The van der Waals surface area contributed by atoms with Gasteiger partial charge in [0.15, 0.2) is 5.96 Å². The molecular formula is C24H38N4O. The van der Waals surface area contributed by atoms with Crippen molar-refractivity contribution in [2.45, 2.75) is 64.1 Å². The Morgan fingerprint density at radius 1 is 1.14 bits per heavy atom. The van der Waals surface area contributed by atoms with Crippen molar-refractivity contribution in [1.29, 1.82) is 0 Å². The lowest BCUT2D eigenvalue weighted by molar-refractivity contribution is 0.0372. The van der Waals surface area contributed by atoms with Gasteiger partial charge < -0.3 is 15.0 Å². The summed E-state index contributed by atoms with van der Waals surface area (Å²) >= 11 is 0. The van der Waals surface area contributed by atoms with Crippen LogP contribution in [0.2, 0.25) is 0 Å². The second-order valence-electron chi connectivity index (χ2n) is 8.82. The number of rotatable bonds is 6. The first-order chi connectivity index (χ1) is 14.3. The minimum absolute atomic E-state index is 0.428. The Labute approximate surface area is 176 Å². The van der Waals surface area contributed by atoms with Gasteiger partial charge in [0, 0.05) is 45.4 Å². The molecule has 0 aromatic heterocycles. The molecule has 3 saturated heterocycles. The molecular weight excluding hydrogens is 360 g/mol. The van der Waals surface area contributed by atoms with Crippen molar-refractivity contribution in [2.24, 2.45) is 10.9 Å². The van der Waals surface area contributed by atoms with E-state index in [1.165, 1.54) is 44.2 Å². The Bertz CT molecular complexity index is 644. The molecule has 3 unspecified atom stereocenters. The molecule has 0 bridgehead atoms. The Balaban J connectivity index is 1.34. The quantitative estimate of drug-likeness (QED) is 0.588. The topological polar surface area (TPSA) is 40.1 Å². The molecule has 29 heavy (non-hydrogen) atoms. The van der Waals surface area contributed by atoms with E-state index in [2.05, 4.69) is 52.4 Å². The summed E-state index contributed by atoms with van der Waals surface area (Å²) in [6, 6.07) is 11.7. The molecule has 4 rings (SSSR count). The predicted molar refractivity (Wildman–Crippen MR) is 119 cm³/mol. The SMILES string of the molecule is CCNC(=NCCC1CCCO1)N1CCC2C(CCCN2Cc2ccccc2)C1. The molecule has 0 aliphatic carbocycles. The van der Waals surface area contributed by atoms with Gasteiger partial charge in [0.1, 0.15) is 0 Å². The predicted octanol–water partition coefficient (Wildman–Crippen LogP) is 3.51. The van der Waals surface area contributed by atoms with Crippen LogP contribution in [0.1, 0.15) is 51.0 Å². The first-order valence-corrected chi connectivity index (χ1v) is 11.8. The second-order valence-corrected chi connectivity index (χ2v) is 8.82. The van der Waals surface area contributed by atoms with Gasteiger partial charge in [-0.1, -0.05) is 30.3 Å². The van der Waals surface area contributed by atoms with Crippen molar-refractivity contribution in [1.82, 2.24) is 15.1 Å². The lowest BCUT2D eigenvalue weighted by atomic mass is 9.83. The summed E-state index contributed by atoms with van der Waals surface area (Å²) in [5.74, 6) is 1.87. The number of hydrogen-bond donors (Lipinski definition) is 1. The first-order valence-electron chi connectivity index (χ1n) is 11.8. The monoisotopic (exact) mass is 398 g/mol. The van der Waals surface area contributed by atoms with Gasteiger partial charge in [-0.3, -0.25) is 9.89 Å². The van der Waals surface area contributed by atoms with Crippen LogP contribution in [0.3, 0.4) is 0 Å². The zero-order chi connectivity index (χ0) is 19.9. The minimum Gasteiger partial charge on any atom is -0.378 e. The lowest BCUT2D eigenvalue weighted by Crippen LogP contribution is -2.56. The molecule has 3 heterocycles. The number of benzene rings is 1. The molecule has 1 aromatic carbocycles. The van der Waals surface area contributed by atoms with Crippen LogP contribution >= 0.6 is 0 Å². The van der Waals surface area contributed by atoms with Gasteiger partial charge in [-0.2, -0.15) is 0 Å². The van der Waals surface area contributed by atoms with Gasteiger partial charge in [0.25, 0.3) is 0 Å². The number of guanidine groups is 1. The summed E-state index contributed by atoms with van der Waals surface area (Å²) in [5.41, 5.74) is 1.44. The van der Waals surface area contributed by atoms with Crippen molar-refractivity contribution < 1.29 is 4.74 Å². The van der Waals surface area contributed by atoms with Crippen LogP contribution in [0.25, 0.3) is 0 Å². The Morgan fingerprint density at radius 2 is 2.03 bits per heavy atom. The summed E-state index contributed by atoms with van der Waals surface area (Å²) in [6.45, 7) is 9.50. The average molecular weight is 399 g/mol. The summed E-state index contributed by atoms with van der Waals surface area (Å²) in [5, 5.41) is 3.55. The van der Waals surface area contributed by atoms with Crippen LogP contribution < -0.4 is 5.32 Å². The van der Waals surface area contributed by atoms with Crippen LogP contribution in [-0.4, -0.2) is 67.2 Å². The number of hydrogen-bond acceptors (Lipinski definition) is 3. The second kappa shape index (κ2) is 10.4. The van der Waals surface area contributed by atoms with Crippen molar-refractivity contribution in [2.75, 3.05) is 39.3 Å². The summed E-state index contributed by atoms with van der Waals surface area (Å²) in [6.07, 6.45) is 7.81. The highest BCUT2D eigenvalue weighted by Crippen LogP contribution is 2.31. The Hall–Kier alpha value is -1.59. The lowest BCUT2D eigenvalue weighted by Gasteiger charge is -2.48. The molecule has 3 aliphatic rings. The van der Waals surface area contributed by atoms with E-state index in [0.29, 0.717) is 6.10 Å². The maximum atomic E-state index is 5.76. The number of ether oxygens (including phenoxy) is 1. The van der Waals surface area contributed by atoms with Gasteiger partial charge >= 0.3 is 0 Å². The number of fused-ring (bicyclic) bond motifs is 1. The summed E-state index contributed by atoms with van der Waals surface area (Å²) in [7, 11) is 0. The van der Waals surface area contributed by atoms with E-state index in [1.807, 2.05) is 0 Å². The zero-order valence-electron chi connectivity index (χ0n) is 18.1. The Kier molecular flexibility index (Phi) is 7.44. The smallest absolute Gasteiger partial charge is 0.193 e. The first kappa shape index (κ1) is 20.7. The highest BCUT2D eigenvalue weighted by atomic mass is 16.5. The average Bonchev–Trinajstić information content (AvgIpc) is 3.27. The van der Waals surface area contributed by atoms with E-state index in [9.17, 15) is 0 Å². The van der Waals surface area contributed by atoms with Crippen LogP contribution in [-0.2, 0) is 11.3 Å². The molecule has 5 nitrogen and oxygen atoms in total. The number of piperidine rings is 2. The van der Waals surface area contributed by atoms with Crippen molar-refractivity contribution in [3.8, 4) is 0 Å². The fraction of sp³-hybridized carbons (Fsp3) is 0.708. The van der Waals surface area contributed by atoms with Gasteiger partial charge in [0.05, 0.1) is 6.10 Å². The fourth-order valence-corrected chi connectivity index (χ4v) is 5.33. The van der Waals surface area contributed by atoms with Crippen LogP contribution in [0.4, 0.5) is 0 Å². The third-order valence-corrected chi connectivity index (χ3v) is 6.78. The molecule has 1 N–H and O–H groups in total. The zero-order valence-corrected chi connectivity index (χ0v) is 18.1. The maximum absolute atomic E-state index is 5.76.